The maximum absolute atomic E-state index is 12.0. The van der Waals surface area contributed by atoms with Crippen molar-refractivity contribution in [2.75, 3.05) is 5.75 Å². The van der Waals surface area contributed by atoms with E-state index in [2.05, 4.69) is 19.9 Å². The summed E-state index contributed by atoms with van der Waals surface area (Å²) in [5.41, 5.74) is 2.92. The Morgan fingerprint density at radius 2 is 2.06 bits per heavy atom. The van der Waals surface area contributed by atoms with Gasteiger partial charge in [0.05, 0.1) is 29.1 Å². The highest BCUT2D eigenvalue weighted by molar-refractivity contribution is 7.91. The van der Waals surface area contributed by atoms with Gasteiger partial charge in [0.1, 0.15) is 17.2 Å². The number of hydrogen-bond donors (Lipinski definition) is 2. The van der Waals surface area contributed by atoms with E-state index in [1.165, 1.54) is 12.3 Å². The number of hydrogen-bond acceptors (Lipinski definition) is 8. The van der Waals surface area contributed by atoms with E-state index in [4.69, 9.17) is 9.47 Å². The van der Waals surface area contributed by atoms with Gasteiger partial charge in [-0.05, 0) is 36.8 Å². The van der Waals surface area contributed by atoms with Crippen LogP contribution in [-0.2, 0) is 14.6 Å². The van der Waals surface area contributed by atoms with Crippen LogP contribution in [0.5, 0.6) is 11.5 Å². The number of nitrogens with zero attached hydrogens (tertiary/aromatic N) is 3. The number of sulfone groups is 1. The molecule has 1 aliphatic rings. The zero-order valence-corrected chi connectivity index (χ0v) is 18.6. The molecule has 2 atom stereocenters. The number of H-pyrrole nitrogens is 1. The van der Waals surface area contributed by atoms with Crippen LogP contribution in [0.4, 0.5) is 0 Å². The third-order valence-corrected chi connectivity index (χ3v) is 7.14. The van der Waals surface area contributed by atoms with E-state index in [1.807, 2.05) is 24.3 Å². The van der Waals surface area contributed by atoms with Gasteiger partial charge < -0.3 is 19.6 Å². The second-order valence-electron chi connectivity index (χ2n) is 7.70. The number of aromatic nitrogens is 4. The fourth-order valence-corrected chi connectivity index (χ4v) is 4.54. The molecule has 4 aromatic rings. The average Bonchev–Trinajstić information content (AvgIpc) is 3.45. The summed E-state index contributed by atoms with van der Waals surface area (Å²) in [6, 6.07) is 12.3. The van der Waals surface area contributed by atoms with Gasteiger partial charge in [-0.3, -0.25) is 4.98 Å². The number of pyridine rings is 2. The normalized spacial score (nSPS) is 18.6. The summed E-state index contributed by atoms with van der Waals surface area (Å²) in [4.78, 5) is 16.3. The van der Waals surface area contributed by atoms with Crippen LogP contribution in [0, 0.1) is 0 Å². The van der Waals surface area contributed by atoms with Crippen LogP contribution in [0.25, 0.3) is 22.6 Å². The molecular weight excluding hydrogens is 444 g/mol. The monoisotopic (exact) mass is 466 g/mol. The van der Waals surface area contributed by atoms with Crippen molar-refractivity contribution in [1.82, 2.24) is 19.9 Å². The molecule has 0 saturated carbocycles. The summed E-state index contributed by atoms with van der Waals surface area (Å²) >= 11 is 0. The average molecular weight is 467 g/mol. The first-order chi connectivity index (χ1) is 15.9. The fraction of sp³-hybridized carbons (Fsp3) is 0.261. The summed E-state index contributed by atoms with van der Waals surface area (Å²) in [5.74, 6) is 1.47. The number of aromatic amines is 1. The van der Waals surface area contributed by atoms with Crippen molar-refractivity contribution in [2.24, 2.45) is 0 Å². The maximum atomic E-state index is 12.0. The number of benzene rings is 1. The molecule has 5 rings (SSSR count). The maximum Gasteiger partial charge on any atom is 0.195 e. The van der Waals surface area contributed by atoms with Gasteiger partial charge in [0.15, 0.2) is 27.0 Å². The van der Waals surface area contributed by atoms with Gasteiger partial charge in [-0.25, -0.2) is 18.4 Å². The van der Waals surface area contributed by atoms with Crippen LogP contribution in [0.2, 0.25) is 0 Å². The molecule has 3 aromatic heterocycles. The number of rotatable bonds is 6. The summed E-state index contributed by atoms with van der Waals surface area (Å²) in [5, 5.41) is 9.88. The first-order valence-electron chi connectivity index (χ1n) is 10.6. The van der Waals surface area contributed by atoms with Crippen molar-refractivity contribution in [3.05, 3.63) is 60.4 Å². The summed E-state index contributed by atoms with van der Waals surface area (Å²) < 4.78 is 35.8. The molecule has 1 aromatic carbocycles. The Hall–Kier alpha value is -3.34. The van der Waals surface area contributed by atoms with Gasteiger partial charge in [0.2, 0.25) is 0 Å². The van der Waals surface area contributed by atoms with Crippen molar-refractivity contribution < 1.29 is 23.0 Å². The lowest BCUT2D eigenvalue weighted by atomic mass is 10.0. The Bertz CT molecular complexity index is 1390. The topological polar surface area (TPSA) is 127 Å². The minimum absolute atomic E-state index is 0.00239. The van der Waals surface area contributed by atoms with Gasteiger partial charge >= 0.3 is 0 Å². The molecule has 0 amide bonds. The van der Waals surface area contributed by atoms with E-state index in [0.29, 0.717) is 41.4 Å². The van der Waals surface area contributed by atoms with Crippen LogP contribution < -0.4 is 4.74 Å². The van der Waals surface area contributed by atoms with E-state index in [1.54, 1.807) is 25.3 Å². The third-order valence-electron chi connectivity index (χ3n) is 5.50. The fourth-order valence-electron chi connectivity index (χ4n) is 3.75. The molecule has 1 fully saturated rings. The highest BCUT2D eigenvalue weighted by Crippen LogP contribution is 2.40. The highest BCUT2D eigenvalue weighted by Gasteiger charge is 2.28. The molecule has 4 heterocycles. The molecule has 0 aliphatic carbocycles. The summed E-state index contributed by atoms with van der Waals surface area (Å²) in [6.07, 6.45) is 3.06. The predicted octanol–water partition coefficient (Wildman–Crippen LogP) is 3.78. The molecular formula is C23H22N4O5S. The zero-order valence-electron chi connectivity index (χ0n) is 17.8. The lowest BCUT2D eigenvalue weighted by molar-refractivity contribution is -0.0916. The van der Waals surface area contributed by atoms with Crippen LogP contribution in [0.1, 0.15) is 31.4 Å². The van der Waals surface area contributed by atoms with Crippen molar-refractivity contribution in [2.45, 2.75) is 37.2 Å². The number of aliphatic hydroxyl groups is 1. The first-order valence-corrected chi connectivity index (χ1v) is 12.2. The molecule has 0 bridgehead atoms. The Balaban J connectivity index is 1.54. The Morgan fingerprint density at radius 3 is 2.73 bits per heavy atom. The van der Waals surface area contributed by atoms with E-state index in [9.17, 15) is 13.5 Å². The van der Waals surface area contributed by atoms with Gasteiger partial charge in [-0.15, -0.1) is 0 Å². The molecule has 170 valence electrons. The van der Waals surface area contributed by atoms with Crippen LogP contribution in [0.15, 0.2) is 59.9 Å². The number of fused-ring (bicyclic) bond motifs is 1. The highest BCUT2D eigenvalue weighted by atomic mass is 32.2. The second-order valence-corrected chi connectivity index (χ2v) is 9.93. The lowest BCUT2D eigenvalue weighted by Crippen LogP contribution is -2.06. The summed E-state index contributed by atoms with van der Waals surface area (Å²) in [6.45, 7) is 1.57. The van der Waals surface area contributed by atoms with Crippen LogP contribution in [0.3, 0.4) is 0 Å². The molecule has 9 nitrogen and oxygen atoms in total. The van der Waals surface area contributed by atoms with Crippen molar-refractivity contribution >= 4 is 20.9 Å². The number of aliphatic hydroxyl groups excluding tert-OH is 1. The molecule has 33 heavy (non-hydrogen) atoms. The quantitative estimate of drug-likeness (QED) is 0.440. The molecule has 2 unspecified atom stereocenters. The summed E-state index contributed by atoms with van der Waals surface area (Å²) in [7, 11) is -3.40. The van der Waals surface area contributed by atoms with Crippen molar-refractivity contribution in [3.8, 4) is 23.0 Å². The van der Waals surface area contributed by atoms with E-state index in [-0.39, 0.29) is 16.9 Å². The minimum Gasteiger partial charge on any atom is -0.455 e. The zero-order chi connectivity index (χ0) is 23.0. The Labute approximate surface area is 190 Å². The molecule has 2 N–H and O–H groups in total. The van der Waals surface area contributed by atoms with E-state index in [0.717, 1.165) is 11.1 Å². The van der Waals surface area contributed by atoms with E-state index < -0.39 is 16.1 Å². The minimum atomic E-state index is -3.40. The van der Waals surface area contributed by atoms with E-state index >= 15 is 0 Å². The molecule has 1 aliphatic heterocycles. The number of nitrogens with one attached hydrogen (secondary N) is 1. The number of imidazole rings is 1. The first kappa shape index (κ1) is 21.5. The van der Waals surface area contributed by atoms with Gasteiger partial charge in [-0.1, -0.05) is 13.0 Å². The predicted molar refractivity (Wildman–Crippen MR) is 120 cm³/mol. The van der Waals surface area contributed by atoms with Crippen molar-refractivity contribution in [1.29, 1.82) is 0 Å². The second kappa shape index (κ2) is 8.54. The Kier molecular flexibility index (Phi) is 5.57. The molecule has 10 heteroatoms. The van der Waals surface area contributed by atoms with Gasteiger partial charge in [0.25, 0.3) is 0 Å². The van der Waals surface area contributed by atoms with Crippen LogP contribution in [-0.4, -0.2) is 45.5 Å². The number of ether oxygens (including phenoxy) is 2. The van der Waals surface area contributed by atoms with Crippen LogP contribution >= 0.6 is 0 Å². The van der Waals surface area contributed by atoms with Crippen molar-refractivity contribution in [3.63, 3.8) is 0 Å². The lowest BCUT2D eigenvalue weighted by Gasteiger charge is -2.16. The smallest absolute Gasteiger partial charge is 0.195 e. The standard InChI is InChI=1S/C23H22N4O5S/c1-2-33(29,30)21-8-6-14(13-25-21)31-20-12-18-17(11-15(20)19-7-9-22(28)32-19)26-23(27-18)16-5-3-4-10-24-16/h3-6,8,10-13,19,22,28H,2,7,9H2,1H3,(H,26,27). The largest absolute Gasteiger partial charge is 0.455 e. The third kappa shape index (κ3) is 4.32. The SMILES string of the molecule is CCS(=O)(=O)c1ccc(Oc2cc3nc(-c4ccccn4)[nH]c3cc2C2CCC(O)O2)cn1. The molecule has 0 radical (unpaired) electrons. The molecule has 0 spiro atoms. The van der Waals surface area contributed by atoms with Gasteiger partial charge in [0, 0.05) is 24.2 Å². The Morgan fingerprint density at radius 1 is 1.18 bits per heavy atom. The molecule has 1 saturated heterocycles. The van der Waals surface area contributed by atoms with Gasteiger partial charge in [-0.2, -0.15) is 0 Å².